The van der Waals surface area contributed by atoms with Gasteiger partial charge in [-0.1, -0.05) is 6.07 Å². The number of non-ortho nitro benzene ring substituents is 1. The van der Waals surface area contributed by atoms with Gasteiger partial charge in [0.25, 0.3) is 11.6 Å². The third-order valence-electron chi connectivity index (χ3n) is 3.00. The number of nitrogens with zero attached hydrogens (tertiary/aromatic N) is 1. The van der Waals surface area contributed by atoms with E-state index in [2.05, 4.69) is 5.32 Å². The van der Waals surface area contributed by atoms with Crippen LogP contribution in [0.5, 0.6) is 5.75 Å². The first-order valence-corrected chi connectivity index (χ1v) is 6.80. The Morgan fingerprint density at radius 1 is 1.22 bits per heavy atom. The molecule has 0 aromatic heterocycles. The molecule has 6 nitrogen and oxygen atoms in total. The van der Waals surface area contributed by atoms with Crippen LogP contribution in [-0.4, -0.2) is 17.4 Å². The van der Waals surface area contributed by atoms with Crippen molar-refractivity contribution in [2.45, 2.75) is 13.8 Å². The second-order valence-electron chi connectivity index (χ2n) is 5.08. The summed E-state index contributed by atoms with van der Waals surface area (Å²) in [5, 5.41) is 12.9. The molecule has 120 valence electrons. The minimum Gasteiger partial charge on any atom is -0.484 e. The average Bonchev–Trinajstić information content (AvgIpc) is 2.46. The van der Waals surface area contributed by atoms with Crippen LogP contribution >= 0.6 is 0 Å². The molecule has 0 bridgehead atoms. The summed E-state index contributed by atoms with van der Waals surface area (Å²) in [6.45, 7) is 3.47. The average molecular weight is 318 g/mol. The van der Waals surface area contributed by atoms with Crippen molar-refractivity contribution >= 4 is 17.3 Å². The van der Waals surface area contributed by atoms with Gasteiger partial charge in [0, 0.05) is 12.1 Å². The Kier molecular flexibility index (Phi) is 4.90. The zero-order valence-corrected chi connectivity index (χ0v) is 12.6. The summed E-state index contributed by atoms with van der Waals surface area (Å²) in [5.74, 6) is -0.837. The van der Waals surface area contributed by atoms with Crippen LogP contribution in [-0.2, 0) is 4.79 Å². The van der Waals surface area contributed by atoms with E-state index in [9.17, 15) is 19.3 Å². The van der Waals surface area contributed by atoms with E-state index < -0.39 is 16.6 Å². The predicted octanol–water partition coefficient (Wildman–Crippen LogP) is 3.37. The highest BCUT2D eigenvalue weighted by Crippen LogP contribution is 2.21. The molecule has 23 heavy (non-hydrogen) atoms. The molecule has 2 aromatic carbocycles. The first kappa shape index (κ1) is 16.4. The minimum absolute atomic E-state index is 0.256. The highest BCUT2D eigenvalue weighted by atomic mass is 19.1. The third-order valence-corrected chi connectivity index (χ3v) is 3.00. The van der Waals surface area contributed by atoms with E-state index in [0.29, 0.717) is 5.75 Å². The topological polar surface area (TPSA) is 81.5 Å². The largest absolute Gasteiger partial charge is 0.484 e. The summed E-state index contributed by atoms with van der Waals surface area (Å²) in [4.78, 5) is 21.8. The maximum absolute atomic E-state index is 13.6. The Bertz CT molecular complexity index is 741. The Balaban J connectivity index is 2.02. The van der Waals surface area contributed by atoms with E-state index in [-0.39, 0.29) is 18.0 Å². The molecular formula is C16H15FN2O4. The van der Waals surface area contributed by atoms with Crippen molar-refractivity contribution in [3.8, 4) is 5.75 Å². The maximum Gasteiger partial charge on any atom is 0.271 e. The number of carbonyl (C=O) groups is 1. The van der Waals surface area contributed by atoms with E-state index >= 15 is 0 Å². The minimum atomic E-state index is -0.754. The van der Waals surface area contributed by atoms with Crippen LogP contribution in [0.3, 0.4) is 0 Å². The standard InChI is InChI=1S/C16H15FN2O4/c1-10-5-11(2)7-13(6-10)23-9-16(20)18-15-8-12(19(21)22)3-4-14(15)17/h3-8H,9H2,1-2H3,(H,18,20). The van der Waals surface area contributed by atoms with Crippen LogP contribution in [0.2, 0.25) is 0 Å². The molecule has 0 aliphatic carbocycles. The Labute approximate surface area is 132 Å². The summed E-state index contributed by atoms with van der Waals surface area (Å²) >= 11 is 0. The van der Waals surface area contributed by atoms with Gasteiger partial charge in [-0.25, -0.2) is 4.39 Å². The Hall–Kier alpha value is -2.96. The van der Waals surface area contributed by atoms with Gasteiger partial charge in [0.05, 0.1) is 10.6 Å². The van der Waals surface area contributed by atoms with Crippen molar-refractivity contribution in [3.63, 3.8) is 0 Å². The van der Waals surface area contributed by atoms with Gasteiger partial charge in [0.2, 0.25) is 0 Å². The van der Waals surface area contributed by atoms with Crippen molar-refractivity contribution in [3.05, 3.63) is 63.5 Å². The van der Waals surface area contributed by atoms with Crippen LogP contribution < -0.4 is 10.1 Å². The molecule has 0 radical (unpaired) electrons. The fourth-order valence-corrected chi connectivity index (χ4v) is 2.07. The lowest BCUT2D eigenvalue weighted by molar-refractivity contribution is -0.384. The summed E-state index contributed by atoms with van der Waals surface area (Å²) in [5.41, 5.74) is 1.42. The van der Waals surface area contributed by atoms with Gasteiger partial charge in [0.1, 0.15) is 11.6 Å². The van der Waals surface area contributed by atoms with Crippen molar-refractivity contribution in [1.29, 1.82) is 0 Å². The van der Waals surface area contributed by atoms with Crippen LogP contribution in [0.15, 0.2) is 36.4 Å². The quantitative estimate of drug-likeness (QED) is 0.677. The molecule has 0 atom stereocenters. The lowest BCUT2D eigenvalue weighted by Crippen LogP contribution is -2.21. The van der Waals surface area contributed by atoms with Crippen molar-refractivity contribution in [2.24, 2.45) is 0 Å². The second kappa shape index (κ2) is 6.87. The lowest BCUT2D eigenvalue weighted by Gasteiger charge is -2.09. The number of nitro benzene ring substituents is 1. The normalized spacial score (nSPS) is 10.2. The van der Waals surface area contributed by atoms with Gasteiger partial charge in [0.15, 0.2) is 6.61 Å². The number of nitrogens with one attached hydrogen (secondary N) is 1. The van der Waals surface area contributed by atoms with Gasteiger partial charge in [-0.3, -0.25) is 14.9 Å². The Morgan fingerprint density at radius 3 is 2.48 bits per heavy atom. The number of carbonyl (C=O) groups excluding carboxylic acids is 1. The SMILES string of the molecule is Cc1cc(C)cc(OCC(=O)Nc2cc([N+](=O)[O-])ccc2F)c1. The van der Waals surface area contributed by atoms with Gasteiger partial charge in [-0.15, -0.1) is 0 Å². The number of aryl methyl sites for hydroxylation is 2. The molecule has 2 rings (SSSR count). The molecule has 1 N–H and O–H groups in total. The summed E-state index contributed by atoms with van der Waals surface area (Å²) in [6, 6.07) is 8.42. The van der Waals surface area contributed by atoms with E-state index in [4.69, 9.17) is 4.74 Å². The maximum atomic E-state index is 13.6. The molecule has 0 aliphatic heterocycles. The Morgan fingerprint density at radius 2 is 1.87 bits per heavy atom. The molecule has 0 unspecified atom stereocenters. The smallest absolute Gasteiger partial charge is 0.271 e. The van der Waals surface area contributed by atoms with Crippen LogP contribution in [0.4, 0.5) is 15.8 Å². The van der Waals surface area contributed by atoms with E-state index in [1.54, 1.807) is 12.1 Å². The molecule has 0 fully saturated rings. The molecule has 1 amide bonds. The number of ether oxygens (including phenoxy) is 1. The highest BCUT2D eigenvalue weighted by molar-refractivity contribution is 5.92. The van der Waals surface area contributed by atoms with Crippen molar-refractivity contribution in [1.82, 2.24) is 0 Å². The third kappa shape index (κ3) is 4.50. The number of hydrogen-bond acceptors (Lipinski definition) is 4. The summed E-state index contributed by atoms with van der Waals surface area (Å²) in [7, 11) is 0. The number of hydrogen-bond donors (Lipinski definition) is 1. The first-order chi connectivity index (χ1) is 10.8. The molecule has 0 spiro atoms. The van der Waals surface area contributed by atoms with Crippen LogP contribution in [0.25, 0.3) is 0 Å². The van der Waals surface area contributed by atoms with Gasteiger partial charge < -0.3 is 10.1 Å². The van der Waals surface area contributed by atoms with Gasteiger partial charge >= 0.3 is 0 Å². The van der Waals surface area contributed by atoms with Crippen molar-refractivity contribution < 1.29 is 18.8 Å². The van der Waals surface area contributed by atoms with Gasteiger partial charge in [-0.2, -0.15) is 0 Å². The number of amides is 1. The molecule has 2 aromatic rings. The molecule has 7 heteroatoms. The number of halogens is 1. The van der Waals surface area contributed by atoms with Crippen molar-refractivity contribution in [2.75, 3.05) is 11.9 Å². The molecule has 0 saturated carbocycles. The predicted molar refractivity (Wildman–Crippen MR) is 83.1 cm³/mol. The zero-order valence-electron chi connectivity index (χ0n) is 12.6. The van der Waals surface area contributed by atoms with E-state index in [1.165, 1.54) is 0 Å². The van der Waals surface area contributed by atoms with Crippen LogP contribution in [0.1, 0.15) is 11.1 Å². The molecule has 0 saturated heterocycles. The van der Waals surface area contributed by atoms with Crippen LogP contribution in [0, 0.1) is 29.8 Å². The molecule has 0 aliphatic rings. The molecular weight excluding hydrogens is 303 g/mol. The molecule has 0 heterocycles. The van der Waals surface area contributed by atoms with E-state index in [0.717, 1.165) is 29.3 Å². The number of rotatable bonds is 5. The first-order valence-electron chi connectivity index (χ1n) is 6.80. The summed E-state index contributed by atoms with van der Waals surface area (Å²) < 4.78 is 18.9. The monoisotopic (exact) mass is 318 g/mol. The van der Waals surface area contributed by atoms with Gasteiger partial charge in [-0.05, 0) is 43.2 Å². The zero-order chi connectivity index (χ0) is 17.0. The summed E-state index contributed by atoms with van der Waals surface area (Å²) in [6.07, 6.45) is 0. The van der Waals surface area contributed by atoms with E-state index in [1.807, 2.05) is 19.9 Å². The lowest BCUT2D eigenvalue weighted by atomic mass is 10.1. The number of benzene rings is 2. The number of anilines is 1. The fourth-order valence-electron chi connectivity index (χ4n) is 2.07. The fraction of sp³-hybridized carbons (Fsp3) is 0.188. The highest BCUT2D eigenvalue weighted by Gasteiger charge is 2.13. The number of nitro groups is 1. The second-order valence-corrected chi connectivity index (χ2v) is 5.08.